The molecule has 184 valence electrons. The Hall–Kier alpha value is -4.17. The lowest BCUT2D eigenvalue weighted by Gasteiger charge is -2.33. The fourth-order valence-electron chi connectivity index (χ4n) is 4.73. The molecular formula is C28H27N3O5. The minimum Gasteiger partial charge on any atom is -0.507 e. The fourth-order valence-corrected chi connectivity index (χ4v) is 4.73. The van der Waals surface area contributed by atoms with E-state index in [1.807, 2.05) is 48.3 Å². The third kappa shape index (κ3) is 4.55. The molecule has 2 aromatic carbocycles. The minimum absolute atomic E-state index is 0.0385. The Kier molecular flexibility index (Phi) is 6.43. The lowest BCUT2D eigenvalue weighted by Crippen LogP contribution is -2.47. The highest BCUT2D eigenvalue weighted by atomic mass is 16.3. The molecule has 8 nitrogen and oxygen atoms in total. The number of aromatic nitrogens is 1. The van der Waals surface area contributed by atoms with Gasteiger partial charge in [-0.1, -0.05) is 36.4 Å². The standard InChI is InChI=1S/C28H27N3O5/c1-30-10-12-31(13-11-30)25(35)14-20(19-8-5-9-29-17-19)26-21(32)15-22(33)27-23(34)16-24(36-28(26)27)18-6-3-2-4-7-18/h2-9,15-17,20,32-33H,10-14H2,1H3/t20-/m0/s1. The van der Waals surface area contributed by atoms with E-state index in [1.165, 1.54) is 6.07 Å². The second-order valence-corrected chi connectivity index (χ2v) is 9.10. The van der Waals surface area contributed by atoms with Crippen LogP contribution in [0.4, 0.5) is 0 Å². The molecule has 0 bridgehead atoms. The number of aromatic hydroxyl groups is 2. The van der Waals surface area contributed by atoms with E-state index in [9.17, 15) is 19.8 Å². The van der Waals surface area contributed by atoms with Crippen LogP contribution in [0.5, 0.6) is 11.5 Å². The van der Waals surface area contributed by atoms with Gasteiger partial charge in [0.2, 0.25) is 5.91 Å². The van der Waals surface area contributed by atoms with E-state index in [2.05, 4.69) is 9.88 Å². The number of fused-ring (bicyclic) bond motifs is 1. The molecule has 0 spiro atoms. The molecule has 3 heterocycles. The topological polar surface area (TPSA) is 107 Å². The van der Waals surface area contributed by atoms with E-state index in [4.69, 9.17) is 4.42 Å². The van der Waals surface area contributed by atoms with Gasteiger partial charge in [-0.3, -0.25) is 14.6 Å². The number of likely N-dealkylation sites (N-methyl/N-ethyl adjacent to an activating group) is 1. The summed E-state index contributed by atoms with van der Waals surface area (Å²) in [4.78, 5) is 34.7. The number of phenols is 2. The summed E-state index contributed by atoms with van der Waals surface area (Å²) in [7, 11) is 2.02. The normalized spacial score (nSPS) is 15.2. The number of rotatable bonds is 5. The van der Waals surface area contributed by atoms with Crippen molar-refractivity contribution in [3.8, 4) is 22.8 Å². The van der Waals surface area contributed by atoms with E-state index < -0.39 is 11.3 Å². The molecule has 1 saturated heterocycles. The zero-order valence-electron chi connectivity index (χ0n) is 19.9. The zero-order valence-corrected chi connectivity index (χ0v) is 19.9. The van der Waals surface area contributed by atoms with Crippen LogP contribution in [-0.2, 0) is 4.79 Å². The summed E-state index contributed by atoms with van der Waals surface area (Å²) in [5.41, 5.74) is 1.25. The van der Waals surface area contributed by atoms with E-state index in [1.54, 1.807) is 18.5 Å². The first-order valence-corrected chi connectivity index (χ1v) is 11.9. The Balaban J connectivity index is 1.68. The van der Waals surface area contributed by atoms with Gasteiger partial charge in [0.25, 0.3) is 0 Å². The molecule has 1 aliphatic rings. The SMILES string of the molecule is CN1CCN(C(=O)C[C@@H](c2cccnc2)c2c(O)cc(O)c3c(=O)cc(-c4ccccc4)oc23)CC1. The predicted octanol–water partition coefficient (Wildman–Crippen LogP) is 3.56. The number of hydrogen-bond donors (Lipinski definition) is 2. The van der Waals surface area contributed by atoms with Crippen molar-refractivity contribution in [3.05, 3.63) is 88.3 Å². The van der Waals surface area contributed by atoms with Gasteiger partial charge in [-0.25, -0.2) is 0 Å². The highest BCUT2D eigenvalue weighted by Crippen LogP contribution is 2.42. The molecule has 4 aromatic rings. The van der Waals surface area contributed by atoms with Gasteiger partial charge in [0.05, 0.1) is 0 Å². The highest BCUT2D eigenvalue weighted by Gasteiger charge is 2.30. The molecule has 2 N–H and O–H groups in total. The Bertz CT molecular complexity index is 1450. The maximum Gasteiger partial charge on any atom is 0.223 e. The summed E-state index contributed by atoms with van der Waals surface area (Å²) < 4.78 is 6.19. The predicted molar refractivity (Wildman–Crippen MR) is 136 cm³/mol. The number of nitrogens with zero attached hydrogens (tertiary/aromatic N) is 3. The maximum atomic E-state index is 13.4. The molecule has 36 heavy (non-hydrogen) atoms. The number of carbonyl (C=O) groups is 1. The number of pyridine rings is 1. The number of benzene rings is 2. The molecular weight excluding hydrogens is 458 g/mol. The zero-order chi connectivity index (χ0) is 25.2. The monoisotopic (exact) mass is 485 g/mol. The third-order valence-corrected chi connectivity index (χ3v) is 6.73. The van der Waals surface area contributed by atoms with Crippen LogP contribution in [0, 0.1) is 0 Å². The van der Waals surface area contributed by atoms with Gasteiger partial charge in [0, 0.05) is 74.2 Å². The Morgan fingerprint density at radius 2 is 1.78 bits per heavy atom. The molecule has 5 rings (SSSR count). The largest absolute Gasteiger partial charge is 0.507 e. The van der Waals surface area contributed by atoms with Gasteiger partial charge in [-0.2, -0.15) is 0 Å². The van der Waals surface area contributed by atoms with Crippen LogP contribution in [0.2, 0.25) is 0 Å². The molecule has 0 radical (unpaired) electrons. The molecule has 8 heteroatoms. The Morgan fingerprint density at radius 3 is 2.47 bits per heavy atom. The van der Waals surface area contributed by atoms with Gasteiger partial charge >= 0.3 is 0 Å². The van der Waals surface area contributed by atoms with Crippen molar-refractivity contribution in [3.63, 3.8) is 0 Å². The van der Waals surface area contributed by atoms with Crippen molar-refractivity contribution in [1.29, 1.82) is 0 Å². The average molecular weight is 486 g/mol. The third-order valence-electron chi connectivity index (χ3n) is 6.73. The molecule has 0 saturated carbocycles. The van der Waals surface area contributed by atoms with Crippen LogP contribution >= 0.6 is 0 Å². The maximum absolute atomic E-state index is 13.4. The highest BCUT2D eigenvalue weighted by molar-refractivity contribution is 5.91. The van der Waals surface area contributed by atoms with Crippen LogP contribution in [0.25, 0.3) is 22.3 Å². The van der Waals surface area contributed by atoms with Crippen molar-refractivity contribution in [2.24, 2.45) is 0 Å². The number of carbonyl (C=O) groups excluding carboxylic acids is 1. The Labute approximate surface area is 208 Å². The van der Waals surface area contributed by atoms with Crippen molar-refractivity contribution in [2.75, 3.05) is 33.2 Å². The summed E-state index contributed by atoms with van der Waals surface area (Å²) in [5.74, 6) is -1.06. The smallest absolute Gasteiger partial charge is 0.223 e. The van der Waals surface area contributed by atoms with Gasteiger partial charge in [0.1, 0.15) is 28.2 Å². The lowest BCUT2D eigenvalue weighted by atomic mass is 9.86. The first-order chi connectivity index (χ1) is 17.4. The summed E-state index contributed by atoms with van der Waals surface area (Å²) in [6.07, 6.45) is 3.31. The van der Waals surface area contributed by atoms with E-state index in [-0.39, 0.29) is 40.4 Å². The van der Waals surface area contributed by atoms with E-state index in [0.29, 0.717) is 30.0 Å². The van der Waals surface area contributed by atoms with Crippen molar-refractivity contribution >= 4 is 16.9 Å². The van der Waals surface area contributed by atoms with Gasteiger partial charge in [-0.15, -0.1) is 0 Å². The molecule has 0 aliphatic carbocycles. The molecule has 1 amide bonds. The first-order valence-electron chi connectivity index (χ1n) is 11.9. The fraction of sp³-hybridized carbons (Fsp3) is 0.250. The second-order valence-electron chi connectivity index (χ2n) is 9.10. The van der Waals surface area contributed by atoms with Crippen LogP contribution in [0.15, 0.2) is 76.2 Å². The molecule has 1 atom stereocenters. The van der Waals surface area contributed by atoms with Gasteiger partial charge < -0.3 is 24.4 Å². The number of amides is 1. The van der Waals surface area contributed by atoms with Crippen LogP contribution in [0.3, 0.4) is 0 Å². The number of phenolic OH excluding ortho intramolecular Hbond substituents is 2. The summed E-state index contributed by atoms with van der Waals surface area (Å²) >= 11 is 0. The van der Waals surface area contributed by atoms with Crippen LogP contribution < -0.4 is 5.43 Å². The van der Waals surface area contributed by atoms with E-state index in [0.717, 1.165) is 19.2 Å². The average Bonchev–Trinajstić information content (AvgIpc) is 2.89. The summed E-state index contributed by atoms with van der Waals surface area (Å²) in [5, 5.41) is 21.6. The van der Waals surface area contributed by atoms with Crippen molar-refractivity contribution in [2.45, 2.75) is 12.3 Å². The van der Waals surface area contributed by atoms with Crippen LogP contribution in [-0.4, -0.2) is 64.1 Å². The first kappa shape index (κ1) is 23.6. The molecule has 1 aliphatic heterocycles. The molecule has 1 fully saturated rings. The second kappa shape index (κ2) is 9.83. The molecule has 0 unspecified atom stereocenters. The lowest BCUT2D eigenvalue weighted by molar-refractivity contribution is -0.133. The van der Waals surface area contributed by atoms with Gasteiger partial charge in [0.15, 0.2) is 5.43 Å². The quantitative estimate of drug-likeness (QED) is 0.445. The van der Waals surface area contributed by atoms with Crippen molar-refractivity contribution < 1.29 is 19.4 Å². The van der Waals surface area contributed by atoms with Crippen LogP contribution in [0.1, 0.15) is 23.5 Å². The summed E-state index contributed by atoms with van der Waals surface area (Å²) in [6, 6.07) is 15.2. The Morgan fingerprint density at radius 1 is 1.03 bits per heavy atom. The summed E-state index contributed by atoms with van der Waals surface area (Å²) in [6.45, 7) is 2.80. The van der Waals surface area contributed by atoms with Gasteiger partial charge in [-0.05, 0) is 18.7 Å². The molecule has 2 aromatic heterocycles. The number of hydrogen-bond acceptors (Lipinski definition) is 7. The number of piperazine rings is 1. The van der Waals surface area contributed by atoms with Crippen molar-refractivity contribution in [1.82, 2.24) is 14.8 Å². The minimum atomic E-state index is -0.650. The van der Waals surface area contributed by atoms with E-state index >= 15 is 0 Å².